The zero-order chi connectivity index (χ0) is 17.2. The van der Waals surface area contributed by atoms with Crippen molar-refractivity contribution in [3.63, 3.8) is 0 Å². The fourth-order valence-electron chi connectivity index (χ4n) is 3.48. The van der Waals surface area contributed by atoms with Crippen molar-refractivity contribution in [2.75, 3.05) is 0 Å². The number of para-hydroxylation sites is 2. The van der Waals surface area contributed by atoms with Gasteiger partial charge in [0.1, 0.15) is 11.0 Å². The van der Waals surface area contributed by atoms with Gasteiger partial charge < -0.3 is 0 Å². The van der Waals surface area contributed by atoms with E-state index in [9.17, 15) is 0 Å². The van der Waals surface area contributed by atoms with Crippen LogP contribution in [0, 0.1) is 0 Å². The molecule has 0 unspecified atom stereocenters. The Balaban J connectivity index is 2.18. The van der Waals surface area contributed by atoms with Crippen LogP contribution in [0.4, 0.5) is 0 Å². The van der Waals surface area contributed by atoms with Gasteiger partial charge in [-0.05, 0) is 38.1 Å². The third-order valence-electron chi connectivity index (χ3n) is 4.69. The highest BCUT2D eigenvalue weighted by Gasteiger charge is 2.06. The maximum absolute atomic E-state index is 5.01. The topological polar surface area (TPSA) is 24.0 Å². The Morgan fingerprint density at radius 2 is 1.04 bits per heavy atom. The number of rotatable bonds is 2. The molecular weight excluding hydrogens is 306 g/mol. The Morgan fingerprint density at radius 1 is 0.600 bits per heavy atom. The van der Waals surface area contributed by atoms with Crippen LogP contribution in [-0.2, 0) is 13.1 Å². The van der Waals surface area contributed by atoms with E-state index in [-0.39, 0.29) is 0 Å². The van der Waals surface area contributed by atoms with Crippen molar-refractivity contribution in [1.82, 2.24) is 13.8 Å². The molecule has 0 saturated heterocycles. The zero-order valence-corrected chi connectivity index (χ0v) is 14.7. The molecule has 3 heteroatoms. The van der Waals surface area contributed by atoms with Crippen LogP contribution in [0.1, 0.15) is 13.8 Å². The SMILES string of the molecule is CCn1c(=[N+]=c2ccc3ccccc3n2CC)ccc2ccccc21. The highest BCUT2D eigenvalue weighted by atomic mass is 15.0. The van der Waals surface area contributed by atoms with E-state index >= 15 is 0 Å². The predicted octanol–water partition coefficient (Wildman–Crippen LogP) is 3.20. The molecule has 0 radical (unpaired) electrons. The van der Waals surface area contributed by atoms with Gasteiger partial charge in [0.25, 0.3) is 0 Å². The van der Waals surface area contributed by atoms with Crippen LogP contribution in [0.15, 0.2) is 72.8 Å². The van der Waals surface area contributed by atoms with Crippen molar-refractivity contribution in [2.24, 2.45) is 0 Å². The molecule has 0 fully saturated rings. The maximum atomic E-state index is 5.01. The number of aromatic nitrogens is 2. The Morgan fingerprint density at radius 3 is 1.48 bits per heavy atom. The first-order chi connectivity index (χ1) is 12.3. The lowest BCUT2D eigenvalue weighted by atomic mass is 10.2. The summed E-state index contributed by atoms with van der Waals surface area (Å²) < 4.78 is 9.55. The van der Waals surface area contributed by atoms with Crippen molar-refractivity contribution >= 4 is 21.8 Å². The van der Waals surface area contributed by atoms with Gasteiger partial charge in [-0.25, -0.2) is 13.8 Å². The molecule has 0 spiro atoms. The summed E-state index contributed by atoms with van der Waals surface area (Å²) in [5, 5.41) is 2.48. The Hall–Kier alpha value is -3.03. The summed E-state index contributed by atoms with van der Waals surface area (Å²) in [6, 6.07) is 25.5. The highest BCUT2D eigenvalue weighted by molar-refractivity contribution is 5.79. The molecule has 0 amide bonds. The Bertz CT molecular complexity index is 1110. The van der Waals surface area contributed by atoms with Crippen molar-refractivity contribution in [3.8, 4) is 0 Å². The summed E-state index contributed by atoms with van der Waals surface area (Å²) in [5.74, 6) is 0. The van der Waals surface area contributed by atoms with E-state index in [1.54, 1.807) is 0 Å². The Kier molecular flexibility index (Phi) is 4.01. The van der Waals surface area contributed by atoms with E-state index in [1.165, 1.54) is 21.8 Å². The van der Waals surface area contributed by atoms with Gasteiger partial charge >= 0.3 is 11.0 Å². The lowest BCUT2D eigenvalue weighted by Crippen LogP contribution is -2.31. The summed E-state index contributed by atoms with van der Waals surface area (Å²) in [6.45, 7) is 6.11. The normalized spacial score (nSPS) is 11.0. The molecule has 25 heavy (non-hydrogen) atoms. The molecule has 0 bridgehead atoms. The number of aryl methyl sites for hydroxylation is 2. The first kappa shape index (κ1) is 15.5. The smallest absolute Gasteiger partial charge is 0.246 e. The van der Waals surface area contributed by atoms with Crippen molar-refractivity contribution in [1.29, 1.82) is 0 Å². The molecule has 2 heterocycles. The molecule has 2 aromatic carbocycles. The second-order valence-electron chi connectivity index (χ2n) is 6.10. The molecule has 124 valence electrons. The van der Waals surface area contributed by atoms with Crippen LogP contribution in [0.25, 0.3) is 21.8 Å². The number of hydrogen-bond acceptors (Lipinski definition) is 0. The molecular formula is C22H22N3+. The average Bonchev–Trinajstić information content (AvgIpc) is 2.67. The van der Waals surface area contributed by atoms with E-state index < -0.39 is 0 Å². The van der Waals surface area contributed by atoms with Gasteiger partial charge in [0.15, 0.2) is 0 Å². The summed E-state index contributed by atoms with van der Waals surface area (Å²) in [4.78, 5) is 0. The summed E-state index contributed by atoms with van der Waals surface area (Å²) in [5.41, 5.74) is 4.41. The maximum Gasteiger partial charge on any atom is 0.316 e. The summed E-state index contributed by atoms with van der Waals surface area (Å²) in [7, 11) is 0. The summed E-state index contributed by atoms with van der Waals surface area (Å²) in [6.07, 6.45) is 0. The van der Waals surface area contributed by atoms with Gasteiger partial charge in [0, 0.05) is 22.9 Å². The molecule has 4 aromatic rings. The number of fused-ring (bicyclic) bond motifs is 2. The van der Waals surface area contributed by atoms with Crippen LogP contribution >= 0.6 is 0 Å². The second-order valence-corrected chi connectivity index (χ2v) is 6.10. The van der Waals surface area contributed by atoms with E-state index in [4.69, 9.17) is 4.67 Å². The largest absolute Gasteiger partial charge is 0.316 e. The van der Waals surface area contributed by atoms with Crippen LogP contribution < -0.4 is 15.6 Å². The van der Waals surface area contributed by atoms with E-state index in [1.807, 2.05) is 0 Å². The number of hydrogen-bond donors (Lipinski definition) is 0. The van der Waals surface area contributed by atoms with E-state index in [2.05, 4.69) is 95.8 Å². The van der Waals surface area contributed by atoms with Crippen LogP contribution in [-0.4, -0.2) is 9.13 Å². The molecule has 0 N–H and O–H groups in total. The molecule has 3 nitrogen and oxygen atoms in total. The Labute approximate surface area is 146 Å². The van der Waals surface area contributed by atoms with Gasteiger partial charge in [-0.3, -0.25) is 0 Å². The quantitative estimate of drug-likeness (QED) is 0.505. The highest BCUT2D eigenvalue weighted by Crippen LogP contribution is 2.11. The summed E-state index contributed by atoms with van der Waals surface area (Å²) >= 11 is 0. The van der Waals surface area contributed by atoms with Crippen LogP contribution in [0.5, 0.6) is 0 Å². The van der Waals surface area contributed by atoms with Crippen molar-refractivity contribution in [3.05, 3.63) is 83.8 Å². The third-order valence-corrected chi connectivity index (χ3v) is 4.69. The minimum atomic E-state index is 0.889. The van der Waals surface area contributed by atoms with Gasteiger partial charge in [-0.2, -0.15) is 0 Å². The fraction of sp³-hybridized carbons (Fsp3) is 0.182. The predicted molar refractivity (Wildman–Crippen MR) is 104 cm³/mol. The molecule has 0 aliphatic heterocycles. The first-order valence-electron chi connectivity index (χ1n) is 8.86. The molecule has 0 atom stereocenters. The van der Waals surface area contributed by atoms with Crippen molar-refractivity contribution in [2.45, 2.75) is 26.9 Å². The van der Waals surface area contributed by atoms with E-state index in [0.29, 0.717) is 0 Å². The van der Waals surface area contributed by atoms with E-state index in [0.717, 1.165) is 24.1 Å². The standard InChI is InChI=1S/C22H22N3/c1-3-24-19-11-7-5-9-17(19)13-15-21(24)23-22-16-14-18-10-6-8-12-20(18)25(22)4-2/h5-16H,3-4H2,1-2H3/q+1. The minimum Gasteiger partial charge on any atom is -0.246 e. The molecule has 0 saturated carbocycles. The molecule has 2 aromatic heterocycles. The van der Waals surface area contributed by atoms with Gasteiger partial charge in [-0.1, -0.05) is 36.4 Å². The lowest BCUT2D eigenvalue weighted by molar-refractivity contribution is 0.707. The average molecular weight is 328 g/mol. The fourth-order valence-corrected chi connectivity index (χ4v) is 3.48. The number of nitrogens with zero attached hydrogens (tertiary/aromatic N) is 3. The van der Waals surface area contributed by atoms with Crippen LogP contribution in [0.3, 0.4) is 0 Å². The van der Waals surface area contributed by atoms with Crippen molar-refractivity contribution < 1.29 is 0 Å². The minimum absolute atomic E-state index is 0.889. The zero-order valence-electron chi connectivity index (χ0n) is 14.7. The third kappa shape index (κ3) is 2.69. The molecule has 0 aliphatic rings. The number of benzene rings is 2. The van der Waals surface area contributed by atoms with Gasteiger partial charge in [-0.15, -0.1) is 0 Å². The van der Waals surface area contributed by atoms with Crippen LogP contribution in [0.2, 0.25) is 0 Å². The van der Waals surface area contributed by atoms with Gasteiger partial charge in [0.05, 0.1) is 13.1 Å². The number of pyridine rings is 2. The molecule has 0 aliphatic carbocycles. The van der Waals surface area contributed by atoms with Gasteiger partial charge in [0.2, 0.25) is 0 Å². The first-order valence-corrected chi connectivity index (χ1v) is 8.86. The second kappa shape index (κ2) is 6.46. The lowest BCUT2D eigenvalue weighted by Gasteiger charge is -2.04. The molecule has 4 rings (SSSR count). The monoisotopic (exact) mass is 328 g/mol.